The summed E-state index contributed by atoms with van der Waals surface area (Å²) >= 11 is 1.43. The zero-order valence-electron chi connectivity index (χ0n) is 8.87. The number of nitrogens with two attached hydrogens (primary N) is 1. The van der Waals surface area contributed by atoms with Gasteiger partial charge in [-0.3, -0.25) is 0 Å². The van der Waals surface area contributed by atoms with Crippen molar-refractivity contribution in [1.82, 2.24) is 10.2 Å². The minimum absolute atomic E-state index is 0.00796. The molecule has 0 aliphatic rings. The molecule has 0 amide bonds. The third-order valence-corrected chi connectivity index (χ3v) is 3.08. The summed E-state index contributed by atoms with van der Waals surface area (Å²) in [5, 5.41) is 28.8. The normalized spacial score (nSPS) is 13.8. The van der Waals surface area contributed by atoms with E-state index in [0.717, 1.165) is 0 Å². The highest BCUT2D eigenvalue weighted by Crippen LogP contribution is 2.25. The van der Waals surface area contributed by atoms with Crippen molar-refractivity contribution in [2.75, 3.05) is 6.61 Å². The average Bonchev–Trinajstić information content (AvgIpc) is 2.29. The van der Waals surface area contributed by atoms with Gasteiger partial charge in [0.15, 0.2) is 5.84 Å². The van der Waals surface area contributed by atoms with E-state index < -0.39 is 0 Å². The third-order valence-electron chi connectivity index (χ3n) is 1.92. The number of nitrogens with zero attached hydrogens (tertiary/aromatic N) is 3. The molecule has 0 aromatic carbocycles. The molecule has 0 fully saturated rings. The number of hydrogen-bond donors (Lipinski definition) is 3. The van der Waals surface area contributed by atoms with Gasteiger partial charge < -0.3 is 16.0 Å². The van der Waals surface area contributed by atoms with Crippen molar-refractivity contribution in [2.24, 2.45) is 10.9 Å². The average molecular weight is 242 g/mol. The summed E-state index contributed by atoms with van der Waals surface area (Å²) in [6.07, 6.45) is 2.13. The molecule has 6 nitrogen and oxygen atoms in total. The van der Waals surface area contributed by atoms with E-state index in [2.05, 4.69) is 15.4 Å². The van der Waals surface area contributed by atoms with E-state index >= 15 is 0 Å². The van der Waals surface area contributed by atoms with E-state index in [0.29, 0.717) is 17.0 Å². The molecular weight excluding hydrogens is 228 g/mol. The van der Waals surface area contributed by atoms with Crippen molar-refractivity contribution in [3.8, 4) is 0 Å². The Morgan fingerprint density at radius 2 is 2.44 bits per heavy atom. The van der Waals surface area contributed by atoms with Crippen LogP contribution in [-0.4, -0.2) is 38.2 Å². The fourth-order valence-electron chi connectivity index (χ4n) is 1.09. The Balaban J connectivity index is 2.87. The molecule has 0 radical (unpaired) electrons. The Kier molecular flexibility index (Phi) is 5.00. The molecule has 0 saturated heterocycles. The number of aliphatic hydroxyl groups is 1. The summed E-state index contributed by atoms with van der Waals surface area (Å²) in [5.41, 5.74) is 6.06. The molecule has 0 saturated carbocycles. The van der Waals surface area contributed by atoms with Crippen LogP contribution in [0.1, 0.15) is 18.9 Å². The molecule has 16 heavy (non-hydrogen) atoms. The second-order valence-corrected chi connectivity index (χ2v) is 4.60. The van der Waals surface area contributed by atoms with Crippen LogP contribution in [0, 0.1) is 0 Å². The standard InChI is InChI=1S/C9H14N4O2S/c1-6(3-5-14)16-9-7(8(10)13-15)2-4-11-12-9/h2,4,6,14-15H,3,5H2,1H3,(H2,10,13). The first-order chi connectivity index (χ1) is 7.69. The monoisotopic (exact) mass is 242 g/mol. The van der Waals surface area contributed by atoms with Crippen LogP contribution in [0.3, 0.4) is 0 Å². The molecule has 1 atom stereocenters. The highest BCUT2D eigenvalue weighted by Gasteiger charge is 2.12. The first-order valence-electron chi connectivity index (χ1n) is 4.76. The maximum Gasteiger partial charge on any atom is 0.172 e. The summed E-state index contributed by atoms with van der Waals surface area (Å²) in [5.74, 6) is 0.00796. The van der Waals surface area contributed by atoms with E-state index in [4.69, 9.17) is 16.0 Å². The highest BCUT2D eigenvalue weighted by molar-refractivity contribution is 7.99. The Bertz CT molecular complexity index is 372. The van der Waals surface area contributed by atoms with Crippen molar-refractivity contribution in [1.29, 1.82) is 0 Å². The minimum atomic E-state index is 0.00796. The molecule has 7 heteroatoms. The number of aromatic nitrogens is 2. The zero-order chi connectivity index (χ0) is 12.0. The summed E-state index contributed by atoms with van der Waals surface area (Å²) in [4.78, 5) is 0. The molecule has 1 rings (SSSR count). The van der Waals surface area contributed by atoms with Crippen LogP contribution in [0.15, 0.2) is 22.4 Å². The first-order valence-corrected chi connectivity index (χ1v) is 5.64. The van der Waals surface area contributed by atoms with Gasteiger partial charge in [-0.25, -0.2) is 0 Å². The molecule has 4 N–H and O–H groups in total. The van der Waals surface area contributed by atoms with Crippen LogP contribution in [0.2, 0.25) is 0 Å². The zero-order valence-corrected chi connectivity index (χ0v) is 9.68. The number of thioether (sulfide) groups is 1. The summed E-state index contributed by atoms with van der Waals surface area (Å²) < 4.78 is 0. The van der Waals surface area contributed by atoms with E-state index in [1.54, 1.807) is 6.07 Å². The third kappa shape index (κ3) is 3.35. The van der Waals surface area contributed by atoms with Crippen LogP contribution in [0.4, 0.5) is 0 Å². The lowest BCUT2D eigenvalue weighted by Gasteiger charge is -2.10. The van der Waals surface area contributed by atoms with Gasteiger partial charge >= 0.3 is 0 Å². The Labute approximate surface area is 97.6 Å². The fraction of sp³-hybridized carbons (Fsp3) is 0.444. The van der Waals surface area contributed by atoms with Gasteiger partial charge in [0.25, 0.3) is 0 Å². The van der Waals surface area contributed by atoms with Gasteiger partial charge in [0.1, 0.15) is 5.03 Å². The van der Waals surface area contributed by atoms with Crippen LogP contribution in [0.25, 0.3) is 0 Å². The van der Waals surface area contributed by atoms with Crippen molar-refractivity contribution in [3.05, 3.63) is 17.8 Å². The Morgan fingerprint density at radius 1 is 1.69 bits per heavy atom. The predicted octanol–water partition coefficient (Wildman–Crippen LogP) is 0.434. The molecule has 1 aromatic rings. The second kappa shape index (κ2) is 6.29. The van der Waals surface area contributed by atoms with E-state index in [-0.39, 0.29) is 17.7 Å². The van der Waals surface area contributed by atoms with Gasteiger partial charge in [-0.1, -0.05) is 12.1 Å². The SMILES string of the molecule is CC(CCO)Sc1nnccc1/C(N)=N/O. The van der Waals surface area contributed by atoms with E-state index in [1.165, 1.54) is 18.0 Å². The molecular formula is C9H14N4O2S. The second-order valence-electron chi connectivity index (χ2n) is 3.18. The van der Waals surface area contributed by atoms with Crippen LogP contribution in [0.5, 0.6) is 0 Å². The van der Waals surface area contributed by atoms with Crippen LogP contribution in [-0.2, 0) is 0 Å². The smallest absolute Gasteiger partial charge is 0.172 e. The van der Waals surface area contributed by atoms with Gasteiger partial charge in [0, 0.05) is 11.9 Å². The first kappa shape index (κ1) is 12.7. The quantitative estimate of drug-likeness (QED) is 0.227. The maximum atomic E-state index is 8.80. The summed E-state index contributed by atoms with van der Waals surface area (Å²) in [7, 11) is 0. The Hall–Kier alpha value is -1.34. The molecule has 0 aliphatic carbocycles. The van der Waals surface area contributed by atoms with Gasteiger partial charge in [0.2, 0.25) is 0 Å². The summed E-state index contributed by atoms with van der Waals surface area (Å²) in [6.45, 7) is 2.08. The molecule has 88 valence electrons. The minimum Gasteiger partial charge on any atom is -0.409 e. The molecule has 0 aliphatic heterocycles. The molecule has 0 bridgehead atoms. The lowest BCUT2D eigenvalue weighted by Crippen LogP contribution is -2.16. The van der Waals surface area contributed by atoms with Gasteiger partial charge in [-0.2, -0.15) is 5.10 Å². The van der Waals surface area contributed by atoms with Crippen molar-refractivity contribution < 1.29 is 10.3 Å². The molecule has 1 unspecified atom stereocenters. The van der Waals surface area contributed by atoms with Crippen LogP contribution < -0.4 is 5.73 Å². The predicted molar refractivity (Wildman–Crippen MR) is 61.6 cm³/mol. The molecule has 0 spiro atoms. The van der Waals surface area contributed by atoms with E-state index in [1.807, 2.05) is 6.92 Å². The number of oxime groups is 1. The van der Waals surface area contributed by atoms with Gasteiger partial charge in [0.05, 0.1) is 11.8 Å². The van der Waals surface area contributed by atoms with Crippen LogP contribution >= 0.6 is 11.8 Å². The topological polar surface area (TPSA) is 105 Å². The molecule has 1 heterocycles. The lowest BCUT2D eigenvalue weighted by atomic mass is 10.3. The van der Waals surface area contributed by atoms with Crippen molar-refractivity contribution >= 4 is 17.6 Å². The highest BCUT2D eigenvalue weighted by atomic mass is 32.2. The Morgan fingerprint density at radius 3 is 3.06 bits per heavy atom. The van der Waals surface area contributed by atoms with E-state index in [9.17, 15) is 0 Å². The van der Waals surface area contributed by atoms with Crippen molar-refractivity contribution in [2.45, 2.75) is 23.6 Å². The molecule has 1 aromatic heterocycles. The maximum absolute atomic E-state index is 8.80. The van der Waals surface area contributed by atoms with Crippen molar-refractivity contribution in [3.63, 3.8) is 0 Å². The number of hydrogen-bond acceptors (Lipinski definition) is 6. The number of amidine groups is 1. The lowest BCUT2D eigenvalue weighted by molar-refractivity contribution is 0.289. The number of rotatable bonds is 5. The summed E-state index contributed by atoms with van der Waals surface area (Å²) in [6, 6.07) is 1.63. The fourth-order valence-corrected chi connectivity index (χ4v) is 2.08. The number of aliphatic hydroxyl groups excluding tert-OH is 1. The van der Waals surface area contributed by atoms with Gasteiger partial charge in [-0.05, 0) is 12.5 Å². The largest absolute Gasteiger partial charge is 0.409 e. The van der Waals surface area contributed by atoms with Gasteiger partial charge in [-0.15, -0.1) is 16.9 Å².